The molecule has 2 aromatic heterocycles. The fourth-order valence-corrected chi connectivity index (χ4v) is 2.40. The van der Waals surface area contributed by atoms with Crippen LogP contribution < -0.4 is 5.32 Å². The zero-order valence-electron chi connectivity index (χ0n) is 9.19. The lowest BCUT2D eigenvalue weighted by molar-refractivity contribution is 0.0954. The Kier molecular flexibility index (Phi) is 4.52. The van der Waals surface area contributed by atoms with Gasteiger partial charge in [0.25, 0.3) is 5.91 Å². The molecule has 2 aromatic rings. The van der Waals surface area contributed by atoms with Gasteiger partial charge in [0, 0.05) is 11.4 Å². The zero-order chi connectivity index (χ0) is 13.0. The minimum atomic E-state index is -0.298. The maximum Gasteiger partial charge on any atom is 0.254 e. The number of nitrogens with zero attached hydrogens (tertiary/aromatic N) is 2. The van der Waals surface area contributed by atoms with Crippen LogP contribution in [0.5, 0.6) is 0 Å². The molecule has 0 aliphatic rings. The zero-order valence-corrected chi connectivity index (χ0v) is 11.5. The number of thiophene rings is 1. The van der Waals surface area contributed by atoms with Gasteiger partial charge in [-0.3, -0.25) is 4.79 Å². The first-order valence-corrected chi connectivity index (χ1v) is 6.79. The second-order valence-corrected chi connectivity index (χ2v) is 5.23. The van der Waals surface area contributed by atoms with Crippen molar-refractivity contribution in [2.24, 2.45) is 0 Å². The Morgan fingerprint density at radius 3 is 2.94 bits per heavy atom. The van der Waals surface area contributed by atoms with E-state index in [9.17, 15) is 4.79 Å². The standard InChI is InChI=1S/C11H9Cl2N3OS/c12-9-6-8(10(13)16-15-9)11(17)14-4-3-7-2-1-5-18-7/h1-2,5-6H,3-4H2,(H,14,17). The Labute approximate surface area is 118 Å². The van der Waals surface area contributed by atoms with Gasteiger partial charge in [0.2, 0.25) is 0 Å². The molecule has 1 amide bonds. The van der Waals surface area contributed by atoms with Crippen LogP contribution in [0.2, 0.25) is 10.3 Å². The van der Waals surface area contributed by atoms with Crippen molar-refractivity contribution in [3.05, 3.63) is 44.3 Å². The first-order chi connectivity index (χ1) is 8.66. The van der Waals surface area contributed by atoms with Crippen LogP contribution in [0.3, 0.4) is 0 Å². The van der Waals surface area contributed by atoms with Crippen LogP contribution in [-0.2, 0) is 6.42 Å². The lowest BCUT2D eigenvalue weighted by Gasteiger charge is -2.05. The molecule has 0 spiro atoms. The number of rotatable bonds is 4. The average molecular weight is 302 g/mol. The van der Waals surface area contributed by atoms with Gasteiger partial charge in [-0.25, -0.2) is 0 Å². The summed E-state index contributed by atoms with van der Waals surface area (Å²) in [5.74, 6) is -0.298. The highest BCUT2D eigenvalue weighted by Crippen LogP contribution is 2.15. The van der Waals surface area contributed by atoms with E-state index in [1.165, 1.54) is 10.9 Å². The van der Waals surface area contributed by atoms with Gasteiger partial charge in [-0.05, 0) is 23.9 Å². The van der Waals surface area contributed by atoms with E-state index in [2.05, 4.69) is 15.5 Å². The third-order valence-corrected chi connectivity index (χ3v) is 3.60. The molecular formula is C11H9Cl2N3OS. The molecule has 4 nitrogen and oxygen atoms in total. The van der Waals surface area contributed by atoms with Crippen molar-refractivity contribution in [3.63, 3.8) is 0 Å². The molecule has 2 heterocycles. The summed E-state index contributed by atoms with van der Waals surface area (Å²) in [6, 6.07) is 5.40. The maximum atomic E-state index is 11.8. The van der Waals surface area contributed by atoms with Crippen LogP contribution in [0, 0.1) is 0 Å². The van der Waals surface area contributed by atoms with Gasteiger partial charge >= 0.3 is 0 Å². The molecule has 0 aliphatic heterocycles. The van der Waals surface area contributed by atoms with E-state index >= 15 is 0 Å². The van der Waals surface area contributed by atoms with Crippen molar-refractivity contribution in [1.29, 1.82) is 0 Å². The molecule has 0 aromatic carbocycles. The van der Waals surface area contributed by atoms with E-state index in [4.69, 9.17) is 23.2 Å². The molecule has 0 aliphatic carbocycles. The van der Waals surface area contributed by atoms with Crippen molar-refractivity contribution in [2.45, 2.75) is 6.42 Å². The molecule has 1 N–H and O–H groups in total. The average Bonchev–Trinajstić information content (AvgIpc) is 2.85. The highest BCUT2D eigenvalue weighted by Gasteiger charge is 2.12. The second-order valence-electron chi connectivity index (χ2n) is 3.46. The molecule has 18 heavy (non-hydrogen) atoms. The maximum absolute atomic E-state index is 11.8. The molecule has 0 radical (unpaired) electrons. The number of carbonyl (C=O) groups excluding carboxylic acids is 1. The summed E-state index contributed by atoms with van der Waals surface area (Å²) in [5, 5.41) is 12.1. The number of hydrogen-bond donors (Lipinski definition) is 1. The van der Waals surface area contributed by atoms with Gasteiger partial charge in [-0.2, -0.15) is 0 Å². The van der Waals surface area contributed by atoms with E-state index in [0.717, 1.165) is 6.42 Å². The quantitative estimate of drug-likeness (QED) is 0.945. The highest BCUT2D eigenvalue weighted by atomic mass is 35.5. The summed E-state index contributed by atoms with van der Waals surface area (Å²) < 4.78 is 0. The third-order valence-electron chi connectivity index (χ3n) is 2.20. The minimum Gasteiger partial charge on any atom is -0.352 e. The van der Waals surface area contributed by atoms with Crippen molar-refractivity contribution in [2.75, 3.05) is 6.54 Å². The van der Waals surface area contributed by atoms with E-state index in [-0.39, 0.29) is 21.8 Å². The summed E-state index contributed by atoms with van der Waals surface area (Å²) in [7, 11) is 0. The van der Waals surface area contributed by atoms with E-state index in [0.29, 0.717) is 6.54 Å². The van der Waals surface area contributed by atoms with Crippen molar-refractivity contribution in [3.8, 4) is 0 Å². The van der Waals surface area contributed by atoms with Crippen molar-refractivity contribution >= 4 is 40.4 Å². The SMILES string of the molecule is O=C(NCCc1cccs1)c1cc(Cl)nnc1Cl. The largest absolute Gasteiger partial charge is 0.352 e. The summed E-state index contributed by atoms with van der Waals surface area (Å²) in [5.41, 5.74) is 0.239. The number of amides is 1. The normalized spacial score (nSPS) is 10.3. The van der Waals surface area contributed by atoms with Gasteiger partial charge in [-0.1, -0.05) is 29.3 Å². The lowest BCUT2D eigenvalue weighted by Crippen LogP contribution is -2.26. The van der Waals surface area contributed by atoms with Gasteiger partial charge in [0.05, 0.1) is 5.56 Å². The second kappa shape index (κ2) is 6.13. The highest BCUT2D eigenvalue weighted by molar-refractivity contribution is 7.09. The number of nitrogens with one attached hydrogen (secondary N) is 1. The molecule has 0 saturated carbocycles. The van der Waals surface area contributed by atoms with E-state index < -0.39 is 0 Å². The summed E-state index contributed by atoms with van der Waals surface area (Å²) in [6.07, 6.45) is 0.785. The fourth-order valence-electron chi connectivity index (χ4n) is 1.36. The Morgan fingerprint density at radius 2 is 2.22 bits per heavy atom. The van der Waals surface area contributed by atoms with Gasteiger partial charge in [0.15, 0.2) is 10.3 Å². The minimum absolute atomic E-state index is 0.0491. The van der Waals surface area contributed by atoms with Crippen LogP contribution in [-0.4, -0.2) is 22.6 Å². The third kappa shape index (κ3) is 3.41. The number of aromatic nitrogens is 2. The molecule has 0 fully saturated rings. The molecule has 0 atom stereocenters. The number of carbonyl (C=O) groups is 1. The first kappa shape index (κ1) is 13.3. The van der Waals surface area contributed by atoms with Crippen LogP contribution in [0.15, 0.2) is 23.6 Å². The molecule has 94 valence electrons. The molecule has 0 unspecified atom stereocenters. The molecule has 0 saturated heterocycles. The number of halogens is 2. The monoisotopic (exact) mass is 301 g/mol. The van der Waals surface area contributed by atoms with E-state index in [1.807, 2.05) is 17.5 Å². The lowest BCUT2D eigenvalue weighted by atomic mass is 10.3. The molecule has 0 bridgehead atoms. The van der Waals surface area contributed by atoms with Crippen molar-refractivity contribution < 1.29 is 4.79 Å². The molecular weight excluding hydrogens is 293 g/mol. The predicted octanol–water partition coefficient (Wildman–Crippen LogP) is 2.82. The Balaban J connectivity index is 1.93. The Morgan fingerprint density at radius 1 is 1.39 bits per heavy atom. The van der Waals surface area contributed by atoms with Crippen LogP contribution in [0.4, 0.5) is 0 Å². The topological polar surface area (TPSA) is 54.9 Å². The van der Waals surface area contributed by atoms with Gasteiger partial charge in [-0.15, -0.1) is 21.5 Å². The van der Waals surface area contributed by atoms with Crippen LogP contribution in [0.25, 0.3) is 0 Å². The van der Waals surface area contributed by atoms with E-state index in [1.54, 1.807) is 11.3 Å². The smallest absolute Gasteiger partial charge is 0.254 e. The Bertz CT molecular complexity index is 545. The Hall–Kier alpha value is -1.17. The summed E-state index contributed by atoms with van der Waals surface area (Å²) in [4.78, 5) is 13.0. The molecule has 2 rings (SSSR count). The molecule has 7 heteroatoms. The van der Waals surface area contributed by atoms with Crippen LogP contribution >= 0.6 is 34.5 Å². The predicted molar refractivity (Wildman–Crippen MR) is 72.4 cm³/mol. The van der Waals surface area contributed by atoms with Crippen molar-refractivity contribution in [1.82, 2.24) is 15.5 Å². The van der Waals surface area contributed by atoms with Gasteiger partial charge < -0.3 is 5.32 Å². The van der Waals surface area contributed by atoms with Crippen LogP contribution in [0.1, 0.15) is 15.2 Å². The summed E-state index contributed by atoms with van der Waals surface area (Å²) >= 11 is 13.1. The van der Waals surface area contributed by atoms with Gasteiger partial charge in [0.1, 0.15) is 0 Å². The summed E-state index contributed by atoms with van der Waals surface area (Å²) in [6.45, 7) is 0.537. The number of hydrogen-bond acceptors (Lipinski definition) is 4. The first-order valence-electron chi connectivity index (χ1n) is 5.16. The fraction of sp³-hybridized carbons (Fsp3) is 0.182.